The first-order valence-electron chi connectivity index (χ1n) is 6.43. The topological polar surface area (TPSA) is 104 Å². The molecule has 1 aromatic carbocycles. The Balaban J connectivity index is 2.01. The van der Waals surface area contributed by atoms with Gasteiger partial charge in [-0.1, -0.05) is 30.3 Å². The maximum absolute atomic E-state index is 11.9. The van der Waals surface area contributed by atoms with Crippen molar-refractivity contribution in [3.05, 3.63) is 35.9 Å². The van der Waals surface area contributed by atoms with Gasteiger partial charge in [0.05, 0.1) is 5.92 Å². The Labute approximate surface area is 120 Å². The fraction of sp³-hybridized carbons (Fsp3) is 0.357. The number of nitrogens with zero attached hydrogens (tertiary/aromatic N) is 1. The second kappa shape index (κ2) is 6.25. The van der Waals surface area contributed by atoms with Crippen molar-refractivity contribution in [3.63, 3.8) is 0 Å². The van der Waals surface area contributed by atoms with Gasteiger partial charge in [0.15, 0.2) is 0 Å². The molecule has 0 saturated carbocycles. The van der Waals surface area contributed by atoms with Crippen molar-refractivity contribution < 1.29 is 29.3 Å². The van der Waals surface area contributed by atoms with Gasteiger partial charge in [0.1, 0.15) is 12.6 Å². The number of benzene rings is 1. The average Bonchev–Trinajstić information content (AvgIpc) is 2.91. The number of amides is 1. The minimum absolute atomic E-state index is 0.0141. The van der Waals surface area contributed by atoms with Gasteiger partial charge in [-0.2, -0.15) is 0 Å². The largest absolute Gasteiger partial charge is 0.481 e. The molecule has 7 heteroatoms. The van der Waals surface area contributed by atoms with Crippen LogP contribution in [0.5, 0.6) is 0 Å². The zero-order chi connectivity index (χ0) is 15.4. The van der Waals surface area contributed by atoms with E-state index in [1.807, 2.05) is 6.07 Å². The summed E-state index contributed by atoms with van der Waals surface area (Å²) in [4.78, 5) is 35.1. The summed E-state index contributed by atoms with van der Waals surface area (Å²) in [6.07, 6.45) is -0.706. The average molecular weight is 293 g/mol. The lowest BCUT2D eigenvalue weighted by Crippen LogP contribution is -2.45. The van der Waals surface area contributed by atoms with Crippen molar-refractivity contribution in [3.8, 4) is 0 Å². The van der Waals surface area contributed by atoms with E-state index in [1.54, 1.807) is 24.3 Å². The third-order valence-corrected chi connectivity index (χ3v) is 3.41. The van der Waals surface area contributed by atoms with Crippen LogP contribution in [0, 0.1) is 5.92 Å². The van der Waals surface area contributed by atoms with Crippen molar-refractivity contribution in [1.29, 1.82) is 0 Å². The zero-order valence-corrected chi connectivity index (χ0v) is 11.1. The predicted molar refractivity (Wildman–Crippen MR) is 70.5 cm³/mol. The van der Waals surface area contributed by atoms with Gasteiger partial charge in [-0.3, -0.25) is 9.69 Å². The molecule has 0 spiro atoms. The number of carbonyl (C=O) groups is 3. The molecular weight excluding hydrogens is 278 g/mol. The fourth-order valence-corrected chi connectivity index (χ4v) is 2.36. The third-order valence-electron chi connectivity index (χ3n) is 3.41. The Morgan fingerprint density at radius 3 is 2.38 bits per heavy atom. The number of ether oxygens (including phenoxy) is 1. The van der Waals surface area contributed by atoms with E-state index in [1.165, 1.54) is 0 Å². The van der Waals surface area contributed by atoms with Crippen LogP contribution >= 0.6 is 0 Å². The molecule has 0 aromatic heterocycles. The van der Waals surface area contributed by atoms with Crippen molar-refractivity contribution in [1.82, 2.24) is 4.90 Å². The second-order valence-electron chi connectivity index (χ2n) is 4.75. The molecule has 1 heterocycles. The molecule has 2 rings (SSSR count). The SMILES string of the molecule is O=C(O)[C@@H]1[C@H](C(=O)O)CCN1C(=O)OCc1ccccc1. The van der Waals surface area contributed by atoms with E-state index in [4.69, 9.17) is 14.9 Å². The second-order valence-corrected chi connectivity index (χ2v) is 4.75. The first kappa shape index (κ1) is 14.8. The molecule has 1 amide bonds. The molecule has 1 aliphatic heterocycles. The number of carboxylic acid groups (broad SMARTS) is 2. The molecule has 2 atom stereocenters. The van der Waals surface area contributed by atoms with Gasteiger partial charge in [-0.25, -0.2) is 9.59 Å². The lowest BCUT2D eigenvalue weighted by Gasteiger charge is -2.22. The molecule has 1 aliphatic rings. The summed E-state index contributed by atoms with van der Waals surface area (Å²) in [5.74, 6) is -3.66. The zero-order valence-electron chi connectivity index (χ0n) is 11.1. The Morgan fingerprint density at radius 2 is 1.81 bits per heavy atom. The van der Waals surface area contributed by atoms with Crippen LogP contribution in [0.1, 0.15) is 12.0 Å². The standard InChI is InChI=1S/C14H15NO6/c16-12(17)10-6-7-15(11(10)13(18)19)14(20)21-8-9-4-2-1-3-5-9/h1-5,10-11H,6-8H2,(H,16,17)(H,18,19)/t10-,11+/m1/s1. The fourth-order valence-electron chi connectivity index (χ4n) is 2.36. The minimum Gasteiger partial charge on any atom is -0.481 e. The monoisotopic (exact) mass is 293 g/mol. The molecule has 1 aromatic rings. The highest BCUT2D eigenvalue weighted by Crippen LogP contribution is 2.26. The van der Waals surface area contributed by atoms with E-state index < -0.39 is 30.0 Å². The van der Waals surface area contributed by atoms with Gasteiger partial charge >= 0.3 is 18.0 Å². The quantitative estimate of drug-likeness (QED) is 0.864. The van der Waals surface area contributed by atoms with Gasteiger partial charge in [-0.15, -0.1) is 0 Å². The van der Waals surface area contributed by atoms with E-state index in [0.717, 1.165) is 10.5 Å². The number of hydrogen-bond donors (Lipinski definition) is 2. The van der Waals surface area contributed by atoms with E-state index in [0.29, 0.717) is 0 Å². The van der Waals surface area contributed by atoms with Crippen molar-refractivity contribution in [2.75, 3.05) is 6.54 Å². The Morgan fingerprint density at radius 1 is 1.14 bits per heavy atom. The number of rotatable bonds is 4. The van der Waals surface area contributed by atoms with Gasteiger partial charge < -0.3 is 14.9 Å². The molecule has 7 nitrogen and oxygen atoms in total. The lowest BCUT2D eigenvalue weighted by atomic mass is 10.0. The van der Waals surface area contributed by atoms with E-state index >= 15 is 0 Å². The van der Waals surface area contributed by atoms with Crippen LogP contribution in [0.2, 0.25) is 0 Å². The molecule has 112 valence electrons. The van der Waals surface area contributed by atoms with Crippen LogP contribution in [0.25, 0.3) is 0 Å². The lowest BCUT2D eigenvalue weighted by molar-refractivity contribution is -0.151. The van der Waals surface area contributed by atoms with Crippen molar-refractivity contribution >= 4 is 18.0 Å². The van der Waals surface area contributed by atoms with Gasteiger partial charge in [-0.05, 0) is 12.0 Å². The highest BCUT2D eigenvalue weighted by Gasteiger charge is 2.46. The predicted octanol–water partition coefficient (Wildman–Crippen LogP) is 1.18. The van der Waals surface area contributed by atoms with Gasteiger partial charge in [0.25, 0.3) is 0 Å². The summed E-state index contributed by atoms with van der Waals surface area (Å²) >= 11 is 0. The normalized spacial score (nSPS) is 21.0. The summed E-state index contributed by atoms with van der Waals surface area (Å²) in [5, 5.41) is 18.1. The molecular formula is C14H15NO6. The molecule has 0 radical (unpaired) electrons. The Bertz CT molecular complexity index is 544. The Kier molecular flexibility index (Phi) is 4.42. The number of hydrogen-bond acceptors (Lipinski definition) is 4. The van der Waals surface area contributed by atoms with Crippen LogP contribution in [-0.4, -0.2) is 45.7 Å². The number of aliphatic carboxylic acids is 2. The van der Waals surface area contributed by atoms with Crippen LogP contribution in [0.3, 0.4) is 0 Å². The van der Waals surface area contributed by atoms with Crippen LogP contribution in [0.15, 0.2) is 30.3 Å². The summed E-state index contributed by atoms with van der Waals surface area (Å²) in [5.41, 5.74) is 0.770. The smallest absolute Gasteiger partial charge is 0.410 e. The number of likely N-dealkylation sites (tertiary alicyclic amines) is 1. The maximum atomic E-state index is 11.9. The van der Waals surface area contributed by atoms with E-state index in [-0.39, 0.29) is 19.6 Å². The van der Waals surface area contributed by atoms with Crippen LogP contribution < -0.4 is 0 Å². The molecule has 0 unspecified atom stereocenters. The summed E-state index contributed by atoms with van der Waals surface area (Å²) in [7, 11) is 0. The molecule has 1 fully saturated rings. The Hall–Kier alpha value is -2.57. The highest BCUT2D eigenvalue weighted by atomic mass is 16.6. The van der Waals surface area contributed by atoms with Crippen LogP contribution in [0.4, 0.5) is 4.79 Å². The van der Waals surface area contributed by atoms with Crippen LogP contribution in [-0.2, 0) is 20.9 Å². The number of carbonyl (C=O) groups excluding carboxylic acids is 1. The van der Waals surface area contributed by atoms with E-state index in [2.05, 4.69) is 0 Å². The summed E-state index contributed by atoms with van der Waals surface area (Å²) in [6, 6.07) is 7.56. The third kappa shape index (κ3) is 3.31. The minimum atomic E-state index is -1.38. The molecule has 1 saturated heterocycles. The highest BCUT2D eigenvalue weighted by molar-refractivity contribution is 5.87. The molecule has 0 bridgehead atoms. The molecule has 21 heavy (non-hydrogen) atoms. The summed E-state index contributed by atoms with van der Waals surface area (Å²) in [6.45, 7) is 0.0712. The maximum Gasteiger partial charge on any atom is 0.410 e. The van der Waals surface area contributed by atoms with Crippen molar-refractivity contribution in [2.45, 2.75) is 19.1 Å². The summed E-state index contributed by atoms with van der Waals surface area (Å²) < 4.78 is 5.05. The first-order valence-corrected chi connectivity index (χ1v) is 6.43. The molecule has 2 N–H and O–H groups in total. The van der Waals surface area contributed by atoms with Crippen molar-refractivity contribution in [2.24, 2.45) is 5.92 Å². The molecule has 0 aliphatic carbocycles. The number of carboxylic acids is 2. The van der Waals surface area contributed by atoms with Gasteiger partial charge in [0, 0.05) is 6.54 Å². The van der Waals surface area contributed by atoms with Gasteiger partial charge in [0.2, 0.25) is 0 Å². The first-order chi connectivity index (χ1) is 10.0. The van der Waals surface area contributed by atoms with E-state index in [9.17, 15) is 14.4 Å².